The molecule has 6 nitrogen and oxygen atoms in total. The summed E-state index contributed by atoms with van der Waals surface area (Å²) in [6, 6.07) is 5.36. The van der Waals surface area contributed by atoms with Gasteiger partial charge in [-0.15, -0.1) is 10.2 Å². The van der Waals surface area contributed by atoms with E-state index in [0.29, 0.717) is 12.1 Å². The van der Waals surface area contributed by atoms with Gasteiger partial charge in [-0.25, -0.2) is 4.79 Å². The SMILES string of the molecule is Cc1nnc(CN2CCCc3cc(C(=O)O)ccc32)n1C. The van der Waals surface area contributed by atoms with Crippen LogP contribution in [0.25, 0.3) is 0 Å². The second-order valence-electron chi connectivity index (χ2n) is 5.40. The summed E-state index contributed by atoms with van der Waals surface area (Å²) in [6.07, 6.45) is 1.94. The van der Waals surface area contributed by atoms with Crippen LogP contribution < -0.4 is 4.90 Å². The van der Waals surface area contributed by atoms with E-state index in [1.54, 1.807) is 12.1 Å². The molecule has 0 atom stereocenters. The van der Waals surface area contributed by atoms with Crippen molar-refractivity contribution in [1.82, 2.24) is 14.8 Å². The summed E-state index contributed by atoms with van der Waals surface area (Å²) in [5, 5.41) is 17.4. The fraction of sp³-hybridized carbons (Fsp3) is 0.400. The third-order valence-electron chi connectivity index (χ3n) is 4.06. The summed E-state index contributed by atoms with van der Waals surface area (Å²) in [6.45, 7) is 3.57. The Balaban J connectivity index is 1.90. The highest BCUT2D eigenvalue weighted by molar-refractivity contribution is 5.88. The zero-order chi connectivity index (χ0) is 15.0. The quantitative estimate of drug-likeness (QED) is 0.931. The molecule has 1 aliphatic rings. The molecule has 0 saturated heterocycles. The number of hydrogen-bond acceptors (Lipinski definition) is 4. The largest absolute Gasteiger partial charge is 0.478 e. The summed E-state index contributed by atoms with van der Waals surface area (Å²) >= 11 is 0. The number of aromatic carboxylic acids is 1. The monoisotopic (exact) mass is 286 g/mol. The molecule has 0 radical (unpaired) electrons. The lowest BCUT2D eigenvalue weighted by Crippen LogP contribution is -2.30. The van der Waals surface area contributed by atoms with E-state index >= 15 is 0 Å². The van der Waals surface area contributed by atoms with Crippen LogP contribution in [0.5, 0.6) is 0 Å². The van der Waals surface area contributed by atoms with Crippen LogP contribution in [0.1, 0.15) is 34.0 Å². The lowest BCUT2D eigenvalue weighted by Gasteiger charge is -2.31. The van der Waals surface area contributed by atoms with Crippen molar-refractivity contribution in [1.29, 1.82) is 0 Å². The molecule has 2 heterocycles. The molecule has 0 bridgehead atoms. The average Bonchev–Trinajstić information content (AvgIpc) is 2.79. The van der Waals surface area contributed by atoms with Gasteiger partial charge in [-0.05, 0) is 43.5 Å². The highest BCUT2D eigenvalue weighted by Gasteiger charge is 2.20. The van der Waals surface area contributed by atoms with Crippen molar-refractivity contribution in [2.75, 3.05) is 11.4 Å². The smallest absolute Gasteiger partial charge is 0.335 e. The van der Waals surface area contributed by atoms with Crippen molar-refractivity contribution < 1.29 is 9.90 Å². The number of nitrogens with zero attached hydrogens (tertiary/aromatic N) is 4. The van der Waals surface area contributed by atoms with Crippen LogP contribution >= 0.6 is 0 Å². The maximum absolute atomic E-state index is 11.1. The normalized spacial score (nSPS) is 14.1. The summed E-state index contributed by atoms with van der Waals surface area (Å²) in [5.74, 6) is 0.935. The van der Waals surface area contributed by atoms with E-state index in [1.807, 2.05) is 24.6 Å². The van der Waals surface area contributed by atoms with Gasteiger partial charge in [0.05, 0.1) is 12.1 Å². The predicted molar refractivity (Wildman–Crippen MR) is 78.5 cm³/mol. The molecular formula is C15H18N4O2. The van der Waals surface area contributed by atoms with E-state index < -0.39 is 5.97 Å². The van der Waals surface area contributed by atoms with Crippen molar-refractivity contribution in [3.05, 3.63) is 41.0 Å². The fourth-order valence-corrected chi connectivity index (χ4v) is 2.73. The molecule has 0 aliphatic carbocycles. The minimum absolute atomic E-state index is 0.352. The van der Waals surface area contributed by atoms with Gasteiger partial charge in [0, 0.05) is 19.3 Å². The van der Waals surface area contributed by atoms with Crippen molar-refractivity contribution in [2.45, 2.75) is 26.3 Å². The van der Waals surface area contributed by atoms with Gasteiger partial charge >= 0.3 is 5.97 Å². The molecule has 0 fully saturated rings. The van der Waals surface area contributed by atoms with Crippen molar-refractivity contribution in [3.63, 3.8) is 0 Å². The van der Waals surface area contributed by atoms with Gasteiger partial charge in [0.15, 0.2) is 5.82 Å². The van der Waals surface area contributed by atoms with Gasteiger partial charge in [0.1, 0.15) is 5.82 Å². The Kier molecular flexibility index (Phi) is 3.37. The average molecular weight is 286 g/mol. The third kappa shape index (κ3) is 2.49. The summed E-state index contributed by atoms with van der Waals surface area (Å²) < 4.78 is 1.99. The second-order valence-corrected chi connectivity index (χ2v) is 5.40. The first-order chi connectivity index (χ1) is 10.1. The lowest BCUT2D eigenvalue weighted by atomic mass is 9.99. The molecule has 1 aromatic carbocycles. The molecule has 2 aromatic rings. The van der Waals surface area contributed by atoms with Crippen LogP contribution in [0, 0.1) is 6.92 Å². The molecule has 0 saturated carbocycles. The zero-order valence-corrected chi connectivity index (χ0v) is 12.2. The van der Waals surface area contributed by atoms with Crippen molar-refractivity contribution in [3.8, 4) is 0 Å². The number of rotatable bonds is 3. The molecule has 3 rings (SSSR count). The number of hydrogen-bond donors (Lipinski definition) is 1. The molecule has 21 heavy (non-hydrogen) atoms. The Hall–Kier alpha value is -2.37. The number of carboxylic acid groups (broad SMARTS) is 1. The molecule has 0 unspecified atom stereocenters. The molecular weight excluding hydrogens is 268 g/mol. The van der Waals surface area contributed by atoms with E-state index in [1.165, 1.54) is 0 Å². The number of carboxylic acids is 1. The Morgan fingerprint density at radius 2 is 2.19 bits per heavy atom. The predicted octanol–water partition coefficient (Wildman–Crippen LogP) is 1.77. The van der Waals surface area contributed by atoms with Crippen molar-refractivity contribution >= 4 is 11.7 Å². The van der Waals surface area contributed by atoms with Crippen LogP contribution in [0.15, 0.2) is 18.2 Å². The highest BCUT2D eigenvalue weighted by atomic mass is 16.4. The van der Waals surface area contributed by atoms with Gasteiger partial charge in [-0.3, -0.25) is 0 Å². The van der Waals surface area contributed by atoms with E-state index in [4.69, 9.17) is 5.11 Å². The van der Waals surface area contributed by atoms with Crippen LogP contribution in [0.2, 0.25) is 0 Å². The molecule has 0 spiro atoms. The Morgan fingerprint density at radius 1 is 1.38 bits per heavy atom. The van der Waals surface area contributed by atoms with Gasteiger partial charge in [0.2, 0.25) is 0 Å². The fourth-order valence-electron chi connectivity index (χ4n) is 2.73. The highest BCUT2D eigenvalue weighted by Crippen LogP contribution is 2.29. The number of aryl methyl sites for hydroxylation is 2. The maximum atomic E-state index is 11.1. The first-order valence-electron chi connectivity index (χ1n) is 7.02. The minimum atomic E-state index is -0.876. The number of fused-ring (bicyclic) bond motifs is 1. The third-order valence-corrected chi connectivity index (χ3v) is 4.06. The number of carbonyl (C=O) groups is 1. The van der Waals surface area contributed by atoms with Gasteiger partial charge in [0.25, 0.3) is 0 Å². The van der Waals surface area contributed by atoms with Gasteiger partial charge < -0.3 is 14.6 Å². The summed E-state index contributed by atoms with van der Waals surface area (Å²) in [4.78, 5) is 13.3. The zero-order valence-electron chi connectivity index (χ0n) is 12.2. The van der Waals surface area contributed by atoms with E-state index in [-0.39, 0.29) is 0 Å². The lowest BCUT2D eigenvalue weighted by molar-refractivity contribution is 0.0697. The molecule has 0 amide bonds. The first kappa shape index (κ1) is 13.6. The molecule has 1 aliphatic heterocycles. The molecule has 1 aromatic heterocycles. The van der Waals surface area contributed by atoms with Crippen molar-refractivity contribution in [2.24, 2.45) is 7.05 Å². The van der Waals surface area contributed by atoms with E-state index in [9.17, 15) is 4.79 Å². The molecule has 110 valence electrons. The van der Waals surface area contributed by atoms with Crippen LogP contribution in [-0.4, -0.2) is 32.4 Å². The van der Waals surface area contributed by atoms with Crippen LogP contribution in [0.4, 0.5) is 5.69 Å². The first-order valence-corrected chi connectivity index (χ1v) is 7.02. The van der Waals surface area contributed by atoms with Crippen LogP contribution in [-0.2, 0) is 20.0 Å². The molecule has 1 N–H and O–H groups in total. The Morgan fingerprint density at radius 3 is 2.86 bits per heavy atom. The van der Waals surface area contributed by atoms with E-state index in [2.05, 4.69) is 15.1 Å². The minimum Gasteiger partial charge on any atom is -0.478 e. The summed E-state index contributed by atoms with van der Waals surface area (Å²) in [7, 11) is 1.96. The van der Waals surface area contributed by atoms with Crippen LogP contribution in [0.3, 0.4) is 0 Å². The standard InChI is InChI=1S/C15H18N4O2/c1-10-16-17-14(18(10)2)9-19-7-3-4-11-8-12(15(20)21)5-6-13(11)19/h5-6,8H,3-4,7,9H2,1-2H3,(H,20,21). The maximum Gasteiger partial charge on any atom is 0.335 e. The number of aromatic nitrogens is 3. The second kappa shape index (κ2) is 5.20. The number of benzene rings is 1. The Bertz CT molecular complexity index is 693. The molecule has 6 heteroatoms. The number of anilines is 1. The topological polar surface area (TPSA) is 71.2 Å². The van der Waals surface area contributed by atoms with Gasteiger partial charge in [-0.2, -0.15) is 0 Å². The van der Waals surface area contributed by atoms with Gasteiger partial charge in [-0.1, -0.05) is 0 Å². The van der Waals surface area contributed by atoms with E-state index in [0.717, 1.165) is 42.3 Å². The summed E-state index contributed by atoms with van der Waals surface area (Å²) in [5.41, 5.74) is 2.55. The Labute approximate surface area is 123 Å².